The predicted octanol–water partition coefficient (Wildman–Crippen LogP) is 4.53. The minimum Gasteiger partial charge on any atom is -0.497 e. The summed E-state index contributed by atoms with van der Waals surface area (Å²) in [5.41, 5.74) is 6.11. The molecule has 0 bridgehead atoms. The first-order valence-corrected chi connectivity index (χ1v) is 9.29. The number of ether oxygens (including phenoxy) is 1. The third-order valence-electron chi connectivity index (χ3n) is 5.00. The largest absolute Gasteiger partial charge is 0.497 e. The summed E-state index contributed by atoms with van der Waals surface area (Å²) in [7, 11) is 1.71. The summed E-state index contributed by atoms with van der Waals surface area (Å²) in [5, 5.41) is 8.61. The second-order valence-electron chi connectivity index (χ2n) is 6.93. The van der Waals surface area contributed by atoms with E-state index in [0.29, 0.717) is 0 Å². The molecule has 0 aliphatic carbocycles. The van der Waals surface area contributed by atoms with Gasteiger partial charge in [0.25, 0.3) is 0 Å². The van der Waals surface area contributed by atoms with Crippen molar-refractivity contribution in [3.63, 3.8) is 0 Å². The Morgan fingerprint density at radius 3 is 2.77 bits per heavy atom. The van der Waals surface area contributed by atoms with Crippen LogP contribution >= 0.6 is 0 Å². The van der Waals surface area contributed by atoms with Crippen LogP contribution in [0.25, 0.3) is 5.69 Å². The van der Waals surface area contributed by atoms with E-state index in [-0.39, 0.29) is 0 Å². The van der Waals surface area contributed by atoms with E-state index >= 15 is 0 Å². The van der Waals surface area contributed by atoms with Crippen molar-refractivity contribution >= 4 is 5.82 Å². The molecule has 1 aliphatic rings. The number of anilines is 1. The Morgan fingerprint density at radius 2 is 1.96 bits per heavy atom. The number of hydrogen-bond donors (Lipinski definition) is 1. The Hall–Kier alpha value is -2.75. The van der Waals surface area contributed by atoms with Crippen molar-refractivity contribution in [3.05, 3.63) is 70.9 Å². The summed E-state index contributed by atoms with van der Waals surface area (Å²) in [4.78, 5) is 0. The lowest BCUT2D eigenvalue weighted by Crippen LogP contribution is -2.07. The topological polar surface area (TPSA) is 39.1 Å². The van der Waals surface area contributed by atoms with Gasteiger partial charge in [-0.05, 0) is 56.0 Å². The minimum absolute atomic E-state index is 0.820. The van der Waals surface area contributed by atoms with Gasteiger partial charge in [0.05, 0.1) is 18.5 Å². The zero-order valence-electron chi connectivity index (χ0n) is 15.5. The maximum Gasteiger partial charge on any atom is 0.133 e. The van der Waals surface area contributed by atoms with Crippen LogP contribution in [-0.4, -0.2) is 23.4 Å². The summed E-state index contributed by atoms with van der Waals surface area (Å²) in [5.74, 6) is 2.05. The molecule has 1 N–H and O–H groups in total. The molecule has 4 heteroatoms. The Kier molecular flexibility index (Phi) is 4.65. The lowest BCUT2D eigenvalue weighted by molar-refractivity contribution is 0.414. The molecule has 0 fully saturated rings. The van der Waals surface area contributed by atoms with Gasteiger partial charge in [-0.3, -0.25) is 0 Å². The van der Waals surface area contributed by atoms with Crippen LogP contribution in [-0.2, 0) is 12.8 Å². The third kappa shape index (κ3) is 3.32. The fourth-order valence-corrected chi connectivity index (χ4v) is 3.56. The predicted molar refractivity (Wildman–Crippen MR) is 106 cm³/mol. The maximum atomic E-state index is 5.37. The number of hydrogen-bond acceptors (Lipinski definition) is 3. The van der Waals surface area contributed by atoms with Gasteiger partial charge in [-0.2, -0.15) is 5.10 Å². The zero-order valence-corrected chi connectivity index (χ0v) is 15.5. The van der Waals surface area contributed by atoms with Crippen LogP contribution in [0.4, 0.5) is 5.82 Å². The fourth-order valence-electron chi connectivity index (χ4n) is 3.56. The lowest BCUT2D eigenvalue weighted by atomic mass is 10.0. The van der Waals surface area contributed by atoms with E-state index in [4.69, 9.17) is 9.84 Å². The molecule has 0 spiro atoms. The summed E-state index contributed by atoms with van der Waals surface area (Å²) in [6.07, 6.45) is 4.29. The first kappa shape index (κ1) is 16.7. The minimum atomic E-state index is 0.820. The van der Waals surface area contributed by atoms with Gasteiger partial charge in [-0.1, -0.05) is 29.8 Å². The molecule has 2 heterocycles. The summed E-state index contributed by atoms with van der Waals surface area (Å²) >= 11 is 0. The first-order chi connectivity index (χ1) is 12.7. The summed E-state index contributed by atoms with van der Waals surface area (Å²) in [6.45, 7) is 3.11. The van der Waals surface area contributed by atoms with Gasteiger partial charge in [-0.25, -0.2) is 4.68 Å². The van der Waals surface area contributed by atoms with Crippen molar-refractivity contribution in [2.75, 3.05) is 19.0 Å². The number of aryl methyl sites for hydroxylation is 1. The highest BCUT2D eigenvalue weighted by Crippen LogP contribution is 2.30. The highest BCUT2D eigenvalue weighted by atomic mass is 16.5. The maximum absolute atomic E-state index is 5.37. The van der Waals surface area contributed by atoms with Crippen molar-refractivity contribution in [1.29, 1.82) is 0 Å². The lowest BCUT2D eigenvalue weighted by Gasteiger charge is -2.09. The van der Waals surface area contributed by atoms with Crippen molar-refractivity contribution in [3.8, 4) is 11.4 Å². The van der Waals surface area contributed by atoms with E-state index in [2.05, 4.69) is 53.3 Å². The number of nitrogens with one attached hydrogen (secondary N) is 1. The van der Waals surface area contributed by atoms with Crippen LogP contribution in [0.5, 0.6) is 5.75 Å². The van der Waals surface area contributed by atoms with Gasteiger partial charge in [0.1, 0.15) is 11.6 Å². The molecule has 1 aliphatic heterocycles. The van der Waals surface area contributed by atoms with Crippen LogP contribution in [0, 0.1) is 6.92 Å². The van der Waals surface area contributed by atoms with Crippen LogP contribution in [0.1, 0.15) is 35.2 Å². The van der Waals surface area contributed by atoms with Gasteiger partial charge >= 0.3 is 0 Å². The average molecular weight is 347 g/mol. The molecule has 26 heavy (non-hydrogen) atoms. The van der Waals surface area contributed by atoms with E-state index in [1.165, 1.54) is 29.5 Å². The Labute approximate surface area is 154 Å². The monoisotopic (exact) mass is 347 g/mol. The number of benzene rings is 2. The molecular formula is C22H25N3O. The number of rotatable bonds is 4. The molecule has 4 rings (SSSR count). The van der Waals surface area contributed by atoms with Crippen LogP contribution in [0.2, 0.25) is 0 Å². The molecule has 0 saturated carbocycles. The van der Waals surface area contributed by atoms with Crippen LogP contribution in [0.15, 0.2) is 48.5 Å². The third-order valence-corrected chi connectivity index (χ3v) is 5.00. The number of methoxy groups -OCH3 is 1. The first-order valence-electron chi connectivity index (χ1n) is 9.29. The summed E-state index contributed by atoms with van der Waals surface area (Å²) in [6, 6.07) is 16.8. The number of fused-ring (bicyclic) bond motifs is 1. The fraction of sp³-hybridized carbons (Fsp3) is 0.318. The van der Waals surface area contributed by atoms with Crippen molar-refractivity contribution in [1.82, 2.24) is 9.78 Å². The Balaban J connectivity index is 1.75. The molecule has 134 valence electrons. The zero-order chi connectivity index (χ0) is 17.9. The van der Waals surface area contributed by atoms with Gasteiger partial charge < -0.3 is 10.1 Å². The van der Waals surface area contributed by atoms with Gasteiger partial charge in [0.2, 0.25) is 0 Å². The van der Waals surface area contributed by atoms with Gasteiger partial charge in [-0.15, -0.1) is 0 Å². The summed E-state index contributed by atoms with van der Waals surface area (Å²) < 4.78 is 7.45. The van der Waals surface area contributed by atoms with Crippen molar-refractivity contribution in [2.24, 2.45) is 0 Å². The second kappa shape index (κ2) is 7.24. The molecule has 4 nitrogen and oxygen atoms in total. The SMILES string of the molecule is COc1cccc(Cc2nn(-c3ccc(C)cc3)c3c2CCCCN3)c1. The smallest absolute Gasteiger partial charge is 0.133 e. The molecule has 0 unspecified atom stereocenters. The van der Waals surface area contributed by atoms with Gasteiger partial charge in [0.15, 0.2) is 0 Å². The van der Waals surface area contributed by atoms with E-state index in [9.17, 15) is 0 Å². The quantitative estimate of drug-likeness (QED) is 0.754. The molecule has 2 aromatic carbocycles. The molecule has 0 saturated heterocycles. The van der Waals surface area contributed by atoms with Crippen LogP contribution in [0.3, 0.4) is 0 Å². The number of aromatic nitrogens is 2. The Bertz CT molecular complexity index is 896. The number of nitrogens with zero attached hydrogens (tertiary/aromatic N) is 2. The van der Waals surface area contributed by atoms with E-state index in [1.54, 1.807) is 7.11 Å². The molecule has 1 aromatic heterocycles. The van der Waals surface area contributed by atoms with Crippen LogP contribution < -0.4 is 10.1 Å². The molecule has 0 amide bonds. The average Bonchev–Trinajstić information content (AvgIpc) is 2.84. The standard InChI is InChI=1S/C22H25N3O/c1-16-9-11-18(12-10-16)25-22-20(8-3-4-13-23-22)21(24-25)15-17-6-5-7-19(14-17)26-2/h5-7,9-12,14,23H,3-4,8,13,15H2,1-2H3. The van der Waals surface area contributed by atoms with Crippen molar-refractivity contribution < 1.29 is 4.74 Å². The van der Waals surface area contributed by atoms with E-state index in [0.717, 1.165) is 42.3 Å². The molecule has 0 atom stereocenters. The normalized spacial score (nSPS) is 13.6. The highest BCUT2D eigenvalue weighted by molar-refractivity contribution is 5.55. The molecular weight excluding hydrogens is 322 g/mol. The highest BCUT2D eigenvalue weighted by Gasteiger charge is 2.20. The van der Waals surface area contributed by atoms with E-state index in [1.807, 2.05) is 12.1 Å². The van der Waals surface area contributed by atoms with Gasteiger partial charge in [0, 0.05) is 18.5 Å². The van der Waals surface area contributed by atoms with Crippen molar-refractivity contribution in [2.45, 2.75) is 32.6 Å². The second-order valence-corrected chi connectivity index (χ2v) is 6.93. The molecule has 3 aromatic rings. The Morgan fingerprint density at radius 1 is 1.12 bits per heavy atom. The van der Waals surface area contributed by atoms with E-state index < -0.39 is 0 Å². The molecule has 0 radical (unpaired) electrons.